The van der Waals surface area contributed by atoms with Crippen LogP contribution in [0.15, 0.2) is 42.5 Å². The van der Waals surface area contributed by atoms with E-state index in [1.807, 2.05) is 30.3 Å². The van der Waals surface area contributed by atoms with E-state index >= 15 is 0 Å². The Kier molecular flexibility index (Phi) is 7.83. The Morgan fingerprint density at radius 3 is 2.20 bits per heavy atom. The van der Waals surface area contributed by atoms with Crippen LogP contribution in [0.25, 0.3) is 11.1 Å². The molecule has 0 radical (unpaired) electrons. The maximum Gasteiger partial charge on any atom is 0.279 e. The Morgan fingerprint density at radius 1 is 1.00 bits per heavy atom. The number of hydrogen-bond acceptors (Lipinski definition) is 5. The average molecular weight is 436 g/mol. The first-order valence-electron chi connectivity index (χ1n) is 9.42. The summed E-state index contributed by atoms with van der Waals surface area (Å²) in [6, 6.07) is 11.8. The Morgan fingerprint density at radius 2 is 1.63 bits per heavy atom. The van der Waals surface area contributed by atoms with Crippen LogP contribution in [-0.4, -0.2) is 53.0 Å². The van der Waals surface area contributed by atoms with Gasteiger partial charge in [-0.15, -0.1) is 0 Å². The van der Waals surface area contributed by atoms with E-state index in [9.17, 15) is 13.2 Å². The van der Waals surface area contributed by atoms with E-state index in [0.717, 1.165) is 15.4 Å². The lowest BCUT2D eigenvalue weighted by molar-refractivity contribution is -0.118. The van der Waals surface area contributed by atoms with Crippen molar-refractivity contribution < 1.29 is 22.7 Å². The largest absolute Gasteiger partial charge is 0.497 e. The van der Waals surface area contributed by atoms with Gasteiger partial charge < -0.3 is 14.8 Å². The predicted octanol–water partition coefficient (Wildman–Crippen LogP) is 2.73. The second kappa shape index (κ2) is 9.92. The van der Waals surface area contributed by atoms with Crippen LogP contribution in [-0.2, 0) is 15.0 Å². The van der Waals surface area contributed by atoms with Gasteiger partial charge in [-0.3, -0.25) is 4.79 Å². The number of rotatable bonds is 9. The summed E-state index contributed by atoms with van der Waals surface area (Å²) >= 11 is 0. The van der Waals surface area contributed by atoms with Crippen LogP contribution in [0.5, 0.6) is 11.5 Å². The summed E-state index contributed by atoms with van der Waals surface area (Å²) < 4.78 is 38.6. The highest BCUT2D eigenvalue weighted by molar-refractivity contribution is 7.87. The minimum Gasteiger partial charge on any atom is -0.497 e. The van der Waals surface area contributed by atoms with Crippen molar-refractivity contribution in [2.24, 2.45) is 5.92 Å². The number of nitrogens with one attached hydrogen (secondary N) is 2. The lowest BCUT2D eigenvalue weighted by Crippen LogP contribution is -2.50. The number of methoxy groups -OCH3 is 2. The third-order valence-corrected chi connectivity index (χ3v) is 6.08. The summed E-state index contributed by atoms with van der Waals surface area (Å²) in [6.07, 6.45) is 0. The third-order valence-electron chi connectivity index (χ3n) is 4.57. The molecule has 1 amide bonds. The molecular formula is C21H29N3O5S. The van der Waals surface area contributed by atoms with Crippen LogP contribution in [0.2, 0.25) is 0 Å². The van der Waals surface area contributed by atoms with Crippen molar-refractivity contribution in [1.82, 2.24) is 9.03 Å². The number of hydrogen-bond donors (Lipinski definition) is 2. The minimum absolute atomic E-state index is 0.273. The smallest absolute Gasteiger partial charge is 0.279 e. The molecule has 8 nitrogen and oxygen atoms in total. The van der Waals surface area contributed by atoms with Gasteiger partial charge >= 0.3 is 0 Å². The fourth-order valence-electron chi connectivity index (χ4n) is 2.76. The fraction of sp³-hybridized carbons (Fsp3) is 0.381. The molecule has 0 saturated carbocycles. The SMILES string of the molecule is COc1cccc(-c2ccc(OC)cc2NC(=O)[C@@H](NS(=O)(=O)N(C)C)C(C)C)c1. The Hall–Kier alpha value is -2.62. The quantitative estimate of drug-likeness (QED) is 0.631. The van der Waals surface area contributed by atoms with Gasteiger partial charge in [-0.2, -0.15) is 17.4 Å². The van der Waals surface area contributed by atoms with E-state index in [2.05, 4.69) is 10.0 Å². The van der Waals surface area contributed by atoms with Crippen molar-refractivity contribution in [3.63, 3.8) is 0 Å². The molecule has 0 unspecified atom stereocenters. The summed E-state index contributed by atoms with van der Waals surface area (Å²) in [5.41, 5.74) is 2.09. The molecule has 0 fully saturated rings. The zero-order chi connectivity index (χ0) is 22.5. The summed E-state index contributed by atoms with van der Waals surface area (Å²) in [6.45, 7) is 3.55. The summed E-state index contributed by atoms with van der Waals surface area (Å²) in [7, 11) is 2.14. The van der Waals surface area contributed by atoms with Gasteiger partial charge in [0.05, 0.1) is 19.9 Å². The number of carbonyl (C=O) groups is 1. The highest BCUT2D eigenvalue weighted by Crippen LogP contribution is 2.33. The van der Waals surface area contributed by atoms with Crippen LogP contribution < -0.4 is 19.5 Å². The molecule has 2 aromatic carbocycles. The monoisotopic (exact) mass is 435 g/mol. The third kappa shape index (κ3) is 5.71. The molecule has 0 aliphatic heterocycles. The van der Waals surface area contributed by atoms with Gasteiger partial charge in [0.2, 0.25) is 5.91 Å². The van der Waals surface area contributed by atoms with Crippen molar-refractivity contribution in [3.8, 4) is 22.6 Å². The lowest BCUT2D eigenvalue weighted by Gasteiger charge is -2.24. The predicted molar refractivity (Wildman–Crippen MR) is 118 cm³/mol. The lowest BCUT2D eigenvalue weighted by atomic mass is 10.0. The molecule has 2 aromatic rings. The van der Waals surface area contributed by atoms with E-state index in [-0.39, 0.29) is 5.92 Å². The molecule has 9 heteroatoms. The first kappa shape index (κ1) is 23.7. The van der Waals surface area contributed by atoms with Crippen molar-refractivity contribution in [3.05, 3.63) is 42.5 Å². The molecule has 0 aliphatic carbocycles. The van der Waals surface area contributed by atoms with Gasteiger partial charge in [-0.05, 0) is 35.7 Å². The minimum atomic E-state index is -3.78. The number of ether oxygens (including phenoxy) is 2. The van der Waals surface area contributed by atoms with E-state index in [0.29, 0.717) is 17.2 Å². The Labute approximate surface area is 178 Å². The van der Waals surface area contributed by atoms with E-state index in [1.165, 1.54) is 21.2 Å². The molecule has 2 rings (SSSR count). The first-order valence-corrected chi connectivity index (χ1v) is 10.9. The normalized spacial score (nSPS) is 12.7. The molecule has 0 saturated heterocycles. The fourth-order valence-corrected chi connectivity index (χ4v) is 3.68. The number of carbonyl (C=O) groups excluding carboxylic acids is 1. The van der Waals surface area contributed by atoms with Crippen molar-refractivity contribution >= 4 is 21.8 Å². The van der Waals surface area contributed by atoms with Gasteiger partial charge in [0.15, 0.2) is 0 Å². The van der Waals surface area contributed by atoms with Crippen molar-refractivity contribution in [1.29, 1.82) is 0 Å². The topological polar surface area (TPSA) is 97.0 Å². The molecular weight excluding hydrogens is 406 g/mol. The summed E-state index contributed by atoms with van der Waals surface area (Å²) in [5, 5.41) is 2.86. The maximum absolute atomic E-state index is 13.0. The summed E-state index contributed by atoms with van der Waals surface area (Å²) in [5.74, 6) is 0.504. The van der Waals surface area contributed by atoms with Crippen LogP contribution in [0.1, 0.15) is 13.8 Å². The van der Waals surface area contributed by atoms with Gasteiger partial charge in [0, 0.05) is 25.7 Å². The van der Waals surface area contributed by atoms with Crippen molar-refractivity contribution in [2.75, 3.05) is 33.6 Å². The molecule has 1 atom stereocenters. The zero-order valence-electron chi connectivity index (χ0n) is 18.1. The van der Waals surface area contributed by atoms with Gasteiger partial charge in [-0.1, -0.05) is 26.0 Å². The summed E-state index contributed by atoms with van der Waals surface area (Å²) in [4.78, 5) is 13.0. The molecule has 0 aliphatic rings. The second-order valence-corrected chi connectivity index (χ2v) is 9.18. The van der Waals surface area contributed by atoms with E-state index in [4.69, 9.17) is 9.47 Å². The van der Waals surface area contributed by atoms with Crippen LogP contribution in [0.4, 0.5) is 5.69 Å². The van der Waals surface area contributed by atoms with E-state index < -0.39 is 22.2 Å². The van der Waals surface area contributed by atoms with Crippen LogP contribution in [0.3, 0.4) is 0 Å². The zero-order valence-corrected chi connectivity index (χ0v) is 18.9. The maximum atomic E-state index is 13.0. The molecule has 2 N–H and O–H groups in total. The van der Waals surface area contributed by atoms with Crippen LogP contribution >= 0.6 is 0 Å². The number of nitrogens with zero attached hydrogens (tertiary/aromatic N) is 1. The van der Waals surface area contributed by atoms with Gasteiger partial charge in [0.1, 0.15) is 17.5 Å². The second-order valence-electron chi connectivity index (χ2n) is 7.26. The molecule has 30 heavy (non-hydrogen) atoms. The highest BCUT2D eigenvalue weighted by atomic mass is 32.2. The average Bonchev–Trinajstić information content (AvgIpc) is 2.71. The molecule has 0 heterocycles. The Balaban J connectivity index is 2.42. The van der Waals surface area contributed by atoms with Crippen molar-refractivity contribution in [2.45, 2.75) is 19.9 Å². The van der Waals surface area contributed by atoms with Gasteiger partial charge in [0.25, 0.3) is 10.2 Å². The number of benzene rings is 2. The van der Waals surface area contributed by atoms with Crippen LogP contribution in [0, 0.1) is 5.92 Å². The Bertz CT molecular complexity index is 990. The number of anilines is 1. The standard InChI is InChI=1S/C21H29N3O5S/c1-14(2)20(23-30(26,27)24(3)4)21(25)22-19-13-17(29-6)10-11-18(19)15-8-7-9-16(12-15)28-5/h7-14,20,23H,1-6H3,(H,22,25)/t20-/m0/s1. The first-order chi connectivity index (χ1) is 14.1. The molecule has 0 spiro atoms. The highest BCUT2D eigenvalue weighted by Gasteiger charge is 2.29. The van der Waals surface area contributed by atoms with E-state index in [1.54, 1.807) is 33.1 Å². The molecule has 0 aromatic heterocycles. The molecule has 164 valence electrons. The van der Waals surface area contributed by atoms with Gasteiger partial charge in [-0.25, -0.2) is 0 Å². The molecule has 0 bridgehead atoms. The number of amides is 1.